The van der Waals surface area contributed by atoms with E-state index in [2.05, 4.69) is 0 Å². The van der Waals surface area contributed by atoms with E-state index in [0.29, 0.717) is 13.1 Å². The number of nitrogens with zero attached hydrogens (tertiary/aromatic N) is 1. The molecule has 0 unspecified atom stereocenters. The fourth-order valence-electron chi connectivity index (χ4n) is 2.32. The molecular formula is C15H19NO5. The highest BCUT2D eigenvalue weighted by atomic mass is 16.5. The Morgan fingerprint density at radius 1 is 1.29 bits per heavy atom. The van der Waals surface area contributed by atoms with E-state index >= 15 is 0 Å². The molecule has 1 N–H and O–H groups in total. The number of hydrogen-bond donors (Lipinski definition) is 1. The summed E-state index contributed by atoms with van der Waals surface area (Å²) in [4.78, 5) is 25.5. The summed E-state index contributed by atoms with van der Waals surface area (Å²) in [5.74, 6) is -1.14. The van der Waals surface area contributed by atoms with Crippen molar-refractivity contribution in [3.8, 4) is 5.75 Å². The van der Waals surface area contributed by atoms with Crippen molar-refractivity contribution in [2.75, 3.05) is 19.7 Å². The van der Waals surface area contributed by atoms with Crippen molar-refractivity contribution in [2.24, 2.45) is 0 Å². The van der Waals surface area contributed by atoms with Gasteiger partial charge in [0.25, 0.3) is 5.91 Å². The first-order chi connectivity index (χ1) is 9.97. The van der Waals surface area contributed by atoms with Crippen LogP contribution in [-0.2, 0) is 14.3 Å². The van der Waals surface area contributed by atoms with Crippen molar-refractivity contribution < 1.29 is 24.2 Å². The summed E-state index contributed by atoms with van der Waals surface area (Å²) in [7, 11) is 0. The van der Waals surface area contributed by atoms with Crippen molar-refractivity contribution in [3.63, 3.8) is 0 Å². The number of rotatable bonds is 3. The zero-order valence-electron chi connectivity index (χ0n) is 12.1. The van der Waals surface area contributed by atoms with E-state index in [-0.39, 0.29) is 36.0 Å². The average Bonchev–Trinajstić information content (AvgIpc) is 2.43. The van der Waals surface area contributed by atoms with Gasteiger partial charge in [0.1, 0.15) is 11.3 Å². The average molecular weight is 293 g/mol. The van der Waals surface area contributed by atoms with Gasteiger partial charge in [-0.25, -0.2) is 4.79 Å². The Balaban J connectivity index is 1.89. The minimum absolute atomic E-state index is 0.0356. The number of amides is 1. The zero-order valence-corrected chi connectivity index (χ0v) is 12.1. The summed E-state index contributed by atoms with van der Waals surface area (Å²) >= 11 is 0. The predicted octanol–water partition coefficient (Wildman–Crippen LogP) is 1.18. The molecule has 0 radical (unpaired) electrons. The molecule has 1 heterocycles. The second-order valence-corrected chi connectivity index (χ2v) is 5.15. The standard InChI is InChI=1S/C15H19NO5/c1-10-7-16(8-11(2)21-10)14(18)9-20-15(19)12-5-3-4-6-13(12)17/h3-6,10-11,17H,7-9H2,1-2H3/t10-,11-/m0/s1. The number of benzene rings is 1. The third kappa shape index (κ3) is 3.95. The number of hydrogen-bond acceptors (Lipinski definition) is 5. The van der Waals surface area contributed by atoms with Crippen LogP contribution in [-0.4, -0.2) is 53.8 Å². The number of phenols is 1. The monoisotopic (exact) mass is 293 g/mol. The molecule has 1 aromatic carbocycles. The molecule has 2 rings (SSSR count). The van der Waals surface area contributed by atoms with Crippen LogP contribution in [0.25, 0.3) is 0 Å². The number of phenolic OH excluding ortho intramolecular Hbond substituents is 1. The number of esters is 1. The first-order valence-corrected chi connectivity index (χ1v) is 6.85. The normalized spacial score (nSPS) is 21.9. The van der Waals surface area contributed by atoms with E-state index in [1.54, 1.807) is 17.0 Å². The predicted molar refractivity (Wildman–Crippen MR) is 75.0 cm³/mol. The molecule has 0 saturated carbocycles. The first-order valence-electron chi connectivity index (χ1n) is 6.85. The van der Waals surface area contributed by atoms with E-state index in [4.69, 9.17) is 9.47 Å². The van der Waals surface area contributed by atoms with Crippen LogP contribution in [0.3, 0.4) is 0 Å². The Morgan fingerprint density at radius 2 is 1.90 bits per heavy atom. The van der Waals surface area contributed by atoms with Crippen LogP contribution in [0.2, 0.25) is 0 Å². The van der Waals surface area contributed by atoms with Crippen molar-refractivity contribution in [1.82, 2.24) is 4.90 Å². The summed E-state index contributed by atoms with van der Waals surface area (Å²) < 4.78 is 10.5. The zero-order chi connectivity index (χ0) is 15.4. The fraction of sp³-hybridized carbons (Fsp3) is 0.467. The molecule has 6 heteroatoms. The van der Waals surface area contributed by atoms with Crippen molar-refractivity contribution in [3.05, 3.63) is 29.8 Å². The Labute approximate surface area is 123 Å². The highest BCUT2D eigenvalue weighted by Crippen LogP contribution is 2.17. The molecular weight excluding hydrogens is 274 g/mol. The SMILES string of the molecule is C[C@H]1CN(C(=O)COC(=O)c2ccccc2O)C[C@H](C)O1. The summed E-state index contributed by atoms with van der Waals surface area (Å²) in [6.07, 6.45) is -0.0712. The molecule has 1 fully saturated rings. The van der Waals surface area contributed by atoms with Crippen LogP contribution >= 0.6 is 0 Å². The maximum atomic E-state index is 12.0. The van der Waals surface area contributed by atoms with E-state index in [1.807, 2.05) is 13.8 Å². The highest BCUT2D eigenvalue weighted by molar-refractivity contribution is 5.93. The molecule has 0 bridgehead atoms. The van der Waals surface area contributed by atoms with Gasteiger partial charge in [-0.2, -0.15) is 0 Å². The lowest BCUT2D eigenvalue weighted by Crippen LogP contribution is -2.49. The lowest BCUT2D eigenvalue weighted by Gasteiger charge is -2.35. The molecule has 21 heavy (non-hydrogen) atoms. The van der Waals surface area contributed by atoms with Gasteiger partial charge in [-0.05, 0) is 26.0 Å². The number of aromatic hydroxyl groups is 1. The van der Waals surface area contributed by atoms with Gasteiger partial charge < -0.3 is 19.5 Å². The van der Waals surface area contributed by atoms with E-state index in [1.165, 1.54) is 12.1 Å². The van der Waals surface area contributed by atoms with Crippen molar-refractivity contribution in [2.45, 2.75) is 26.1 Å². The smallest absolute Gasteiger partial charge is 0.342 e. The quantitative estimate of drug-likeness (QED) is 0.847. The Bertz CT molecular complexity index is 521. The van der Waals surface area contributed by atoms with E-state index in [0.717, 1.165) is 0 Å². The van der Waals surface area contributed by atoms with Gasteiger partial charge in [0, 0.05) is 13.1 Å². The fourth-order valence-corrected chi connectivity index (χ4v) is 2.32. The van der Waals surface area contributed by atoms with Crippen LogP contribution in [0.5, 0.6) is 5.75 Å². The summed E-state index contributed by atoms with van der Waals surface area (Å²) in [6, 6.07) is 6.06. The molecule has 1 saturated heterocycles. The van der Waals surface area contributed by atoms with Gasteiger partial charge >= 0.3 is 5.97 Å². The van der Waals surface area contributed by atoms with Crippen LogP contribution in [0.4, 0.5) is 0 Å². The Morgan fingerprint density at radius 3 is 2.52 bits per heavy atom. The largest absolute Gasteiger partial charge is 0.507 e. The van der Waals surface area contributed by atoms with Gasteiger partial charge in [0.05, 0.1) is 12.2 Å². The maximum absolute atomic E-state index is 12.0. The minimum atomic E-state index is -0.712. The maximum Gasteiger partial charge on any atom is 0.342 e. The Hall–Kier alpha value is -2.08. The van der Waals surface area contributed by atoms with Crippen molar-refractivity contribution in [1.29, 1.82) is 0 Å². The van der Waals surface area contributed by atoms with Gasteiger partial charge in [0.15, 0.2) is 6.61 Å². The molecule has 1 aliphatic heterocycles. The second kappa shape index (κ2) is 6.58. The van der Waals surface area contributed by atoms with Gasteiger partial charge in [-0.3, -0.25) is 4.79 Å². The molecule has 0 aliphatic carbocycles. The lowest BCUT2D eigenvalue weighted by molar-refractivity contribution is -0.146. The van der Waals surface area contributed by atoms with E-state index < -0.39 is 5.97 Å². The summed E-state index contributed by atoms with van der Waals surface area (Å²) in [5.41, 5.74) is 0.0500. The molecule has 0 spiro atoms. The second-order valence-electron chi connectivity index (χ2n) is 5.15. The molecule has 2 atom stereocenters. The molecule has 6 nitrogen and oxygen atoms in total. The summed E-state index contributed by atoms with van der Waals surface area (Å²) in [6.45, 7) is 4.41. The van der Waals surface area contributed by atoms with Crippen LogP contribution in [0, 0.1) is 0 Å². The molecule has 1 amide bonds. The molecule has 0 aromatic heterocycles. The minimum Gasteiger partial charge on any atom is -0.507 e. The van der Waals surface area contributed by atoms with Crippen LogP contribution < -0.4 is 0 Å². The van der Waals surface area contributed by atoms with E-state index in [9.17, 15) is 14.7 Å². The number of carbonyl (C=O) groups is 2. The third-order valence-electron chi connectivity index (χ3n) is 3.22. The van der Waals surface area contributed by atoms with Crippen molar-refractivity contribution >= 4 is 11.9 Å². The third-order valence-corrected chi connectivity index (χ3v) is 3.22. The highest BCUT2D eigenvalue weighted by Gasteiger charge is 2.26. The summed E-state index contributed by atoms with van der Waals surface area (Å²) in [5, 5.41) is 9.55. The van der Waals surface area contributed by atoms with Gasteiger partial charge in [-0.1, -0.05) is 12.1 Å². The topological polar surface area (TPSA) is 76.1 Å². The number of para-hydroxylation sites is 1. The van der Waals surface area contributed by atoms with Gasteiger partial charge in [0.2, 0.25) is 0 Å². The lowest BCUT2D eigenvalue weighted by atomic mass is 10.2. The van der Waals surface area contributed by atoms with Crippen LogP contribution in [0.15, 0.2) is 24.3 Å². The molecule has 1 aliphatic rings. The van der Waals surface area contributed by atoms with Crippen LogP contribution in [0.1, 0.15) is 24.2 Å². The first kappa shape index (κ1) is 15.3. The number of morpholine rings is 1. The number of carbonyl (C=O) groups excluding carboxylic acids is 2. The number of ether oxygens (including phenoxy) is 2. The molecule has 114 valence electrons. The Kier molecular flexibility index (Phi) is 4.80. The van der Waals surface area contributed by atoms with Gasteiger partial charge in [-0.15, -0.1) is 0 Å². The molecule has 1 aromatic rings.